The Bertz CT molecular complexity index is 562. The largest absolute Gasteiger partial charge is 0.321 e. The van der Waals surface area contributed by atoms with E-state index >= 15 is 0 Å². The minimum absolute atomic E-state index is 0.0706. The zero-order valence-electron chi connectivity index (χ0n) is 7.17. The molecule has 0 aliphatic carbocycles. The van der Waals surface area contributed by atoms with Gasteiger partial charge in [-0.1, -0.05) is 23.7 Å². The van der Waals surface area contributed by atoms with Crippen LogP contribution in [0.1, 0.15) is 10.4 Å². The quantitative estimate of drug-likeness (QED) is 0.701. The molecule has 68 valence electrons. The fourth-order valence-electron chi connectivity index (χ4n) is 1.86. The molecule has 0 saturated heterocycles. The summed E-state index contributed by atoms with van der Waals surface area (Å²) >= 11 is 5.91. The standard InChI is InChI=1S/C11H6ClNO/c12-7-4-6-2-1-3-9-10(6)8(5-7)11(14)13-9/h1-5H,(H,13,14). The molecular formula is C11H6ClNO. The fraction of sp³-hybridized carbons (Fsp3) is 0. The smallest absolute Gasteiger partial charge is 0.256 e. The molecule has 0 bridgehead atoms. The maximum absolute atomic E-state index is 11.5. The van der Waals surface area contributed by atoms with E-state index in [1.165, 1.54) is 0 Å². The van der Waals surface area contributed by atoms with E-state index < -0.39 is 0 Å². The van der Waals surface area contributed by atoms with Gasteiger partial charge in [-0.2, -0.15) is 0 Å². The van der Waals surface area contributed by atoms with Crippen molar-refractivity contribution in [1.82, 2.24) is 0 Å². The van der Waals surface area contributed by atoms with Gasteiger partial charge >= 0.3 is 0 Å². The molecule has 0 atom stereocenters. The van der Waals surface area contributed by atoms with Crippen LogP contribution in [0.3, 0.4) is 0 Å². The molecule has 0 spiro atoms. The third kappa shape index (κ3) is 0.888. The maximum atomic E-state index is 11.5. The number of benzene rings is 2. The molecule has 2 aromatic carbocycles. The van der Waals surface area contributed by atoms with E-state index in [0.717, 1.165) is 16.5 Å². The normalized spacial score (nSPS) is 13.4. The number of hydrogen-bond acceptors (Lipinski definition) is 1. The van der Waals surface area contributed by atoms with E-state index in [2.05, 4.69) is 5.32 Å². The highest BCUT2D eigenvalue weighted by Gasteiger charge is 2.21. The number of anilines is 1. The van der Waals surface area contributed by atoms with Crippen LogP contribution < -0.4 is 5.32 Å². The van der Waals surface area contributed by atoms with Crippen LogP contribution in [0.15, 0.2) is 30.3 Å². The van der Waals surface area contributed by atoms with Crippen LogP contribution in [0.5, 0.6) is 0 Å². The van der Waals surface area contributed by atoms with E-state index in [0.29, 0.717) is 10.6 Å². The van der Waals surface area contributed by atoms with Gasteiger partial charge in [-0.05, 0) is 23.6 Å². The molecule has 14 heavy (non-hydrogen) atoms. The molecule has 0 saturated carbocycles. The first-order valence-electron chi connectivity index (χ1n) is 4.29. The van der Waals surface area contributed by atoms with Crippen molar-refractivity contribution in [3.8, 4) is 0 Å². The molecular weight excluding hydrogens is 198 g/mol. The van der Waals surface area contributed by atoms with E-state index in [4.69, 9.17) is 11.6 Å². The lowest BCUT2D eigenvalue weighted by Crippen LogP contribution is -2.03. The van der Waals surface area contributed by atoms with Crippen molar-refractivity contribution in [2.75, 3.05) is 5.32 Å². The first-order valence-corrected chi connectivity index (χ1v) is 4.67. The summed E-state index contributed by atoms with van der Waals surface area (Å²) in [7, 11) is 0. The van der Waals surface area contributed by atoms with Crippen LogP contribution in [0, 0.1) is 0 Å². The Kier molecular flexibility index (Phi) is 1.39. The Morgan fingerprint density at radius 2 is 2.07 bits per heavy atom. The van der Waals surface area contributed by atoms with E-state index in [1.807, 2.05) is 24.3 Å². The Balaban J connectivity index is 2.56. The molecule has 0 unspecified atom stereocenters. The highest BCUT2D eigenvalue weighted by Crippen LogP contribution is 2.34. The number of halogens is 1. The van der Waals surface area contributed by atoms with Crippen LogP contribution in [0.25, 0.3) is 10.8 Å². The number of carbonyl (C=O) groups is 1. The number of hydrogen-bond donors (Lipinski definition) is 1. The highest BCUT2D eigenvalue weighted by atomic mass is 35.5. The molecule has 0 aromatic heterocycles. The molecule has 1 aliphatic heterocycles. The van der Waals surface area contributed by atoms with Crippen molar-refractivity contribution in [2.24, 2.45) is 0 Å². The fourth-order valence-corrected chi connectivity index (χ4v) is 2.09. The minimum Gasteiger partial charge on any atom is -0.321 e. The molecule has 1 amide bonds. The van der Waals surface area contributed by atoms with Crippen LogP contribution in [-0.2, 0) is 0 Å². The second kappa shape index (κ2) is 2.49. The van der Waals surface area contributed by atoms with Crippen molar-refractivity contribution in [3.05, 3.63) is 40.9 Å². The summed E-state index contributed by atoms with van der Waals surface area (Å²) in [6.07, 6.45) is 0. The van der Waals surface area contributed by atoms with Gasteiger partial charge in [-0.25, -0.2) is 0 Å². The van der Waals surface area contributed by atoms with Crippen molar-refractivity contribution in [3.63, 3.8) is 0 Å². The van der Waals surface area contributed by atoms with E-state index in [-0.39, 0.29) is 5.91 Å². The van der Waals surface area contributed by atoms with Gasteiger partial charge in [0.05, 0.1) is 5.56 Å². The Hall–Kier alpha value is -1.54. The summed E-state index contributed by atoms with van der Waals surface area (Å²) in [4.78, 5) is 11.5. The number of carbonyl (C=O) groups excluding carboxylic acids is 1. The molecule has 0 radical (unpaired) electrons. The lowest BCUT2D eigenvalue weighted by molar-refractivity contribution is 0.103. The predicted molar refractivity (Wildman–Crippen MR) is 56.9 cm³/mol. The van der Waals surface area contributed by atoms with Gasteiger partial charge in [0.2, 0.25) is 0 Å². The molecule has 2 aromatic rings. The van der Waals surface area contributed by atoms with Gasteiger partial charge < -0.3 is 5.32 Å². The number of amides is 1. The van der Waals surface area contributed by atoms with Gasteiger partial charge in [0.15, 0.2) is 0 Å². The van der Waals surface area contributed by atoms with Crippen LogP contribution in [0.4, 0.5) is 5.69 Å². The summed E-state index contributed by atoms with van der Waals surface area (Å²) in [5.41, 5.74) is 1.54. The Labute approximate surface area is 85.5 Å². The second-order valence-electron chi connectivity index (χ2n) is 3.31. The van der Waals surface area contributed by atoms with E-state index in [9.17, 15) is 4.79 Å². The maximum Gasteiger partial charge on any atom is 0.256 e. The molecule has 3 rings (SSSR count). The highest BCUT2D eigenvalue weighted by molar-refractivity contribution is 6.34. The third-order valence-electron chi connectivity index (χ3n) is 2.43. The van der Waals surface area contributed by atoms with Crippen molar-refractivity contribution in [1.29, 1.82) is 0 Å². The summed E-state index contributed by atoms with van der Waals surface area (Å²) in [5.74, 6) is -0.0706. The lowest BCUT2D eigenvalue weighted by Gasteiger charge is -1.99. The third-order valence-corrected chi connectivity index (χ3v) is 2.65. The van der Waals surface area contributed by atoms with Gasteiger partial charge in [0.25, 0.3) is 5.91 Å². The summed E-state index contributed by atoms with van der Waals surface area (Å²) in [6, 6.07) is 9.32. The molecule has 1 N–H and O–H groups in total. The molecule has 1 aliphatic rings. The lowest BCUT2D eigenvalue weighted by atomic mass is 10.1. The van der Waals surface area contributed by atoms with Gasteiger partial charge in [0.1, 0.15) is 0 Å². The number of rotatable bonds is 0. The average Bonchev–Trinajstić information content (AvgIpc) is 2.45. The number of nitrogens with one attached hydrogen (secondary N) is 1. The van der Waals surface area contributed by atoms with Gasteiger partial charge in [0, 0.05) is 16.1 Å². The van der Waals surface area contributed by atoms with Crippen LogP contribution >= 0.6 is 11.6 Å². The zero-order chi connectivity index (χ0) is 9.71. The summed E-state index contributed by atoms with van der Waals surface area (Å²) in [5, 5.41) is 5.38. The van der Waals surface area contributed by atoms with Gasteiger partial charge in [-0.3, -0.25) is 4.79 Å². The van der Waals surface area contributed by atoms with Crippen molar-refractivity contribution >= 4 is 34.0 Å². The monoisotopic (exact) mass is 203 g/mol. The van der Waals surface area contributed by atoms with Crippen molar-refractivity contribution < 1.29 is 4.79 Å². The summed E-state index contributed by atoms with van der Waals surface area (Å²) < 4.78 is 0. The minimum atomic E-state index is -0.0706. The summed E-state index contributed by atoms with van der Waals surface area (Å²) in [6.45, 7) is 0. The average molecular weight is 204 g/mol. The molecule has 0 fully saturated rings. The topological polar surface area (TPSA) is 29.1 Å². The Morgan fingerprint density at radius 3 is 2.93 bits per heavy atom. The Morgan fingerprint density at radius 1 is 1.21 bits per heavy atom. The molecule has 3 heteroatoms. The SMILES string of the molecule is O=C1Nc2cccc3cc(Cl)cc1c23. The van der Waals surface area contributed by atoms with Crippen molar-refractivity contribution in [2.45, 2.75) is 0 Å². The van der Waals surface area contributed by atoms with Gasteiger partial charge in [-0.15, -0.1) is 0 Å². The molecule has 2 nitrogen and oxygen atoms in total. The van der Waals surface area contributed by atoms with E-state index in [1.54, 1.807) is 6.07 Å². The zero-order valence-corrected chi connectivity index (χ0v) is 7.93. The predicted octanol–water partition coefficient (Wildman–Crippen LogP) is 3.06. The first kappa shape index (κ1) is 7.83. The second-order valence-corrected chi connectivity index (χ2v) is 3.75. The van der Waals surface area contributed by atoms with Crippen LogP contribution in [-0.4, -0.2) is 5.91 Å². The molecule has 1 heterocycles. The first-order chi connectivity index (χ1) is 6.75. The van der Waals surface area contributed by atoms with Crippen LogP contribution in [0.2, 0.25) is 5.02 Å².